The van der Waals surface area contributed by atoms with Gasteiger partial charge in [-0.25, -0.2) is 5.84 Å². The number of rotatable bonds is 4. The van der Waals surface area contributed by atoms with Crippen LogP contribution in [0.4, 0.5) is 0 Å². The van der Waals surface area contributed by atoms with Crippen LogP contribution in [0.3, 0.4) is 0 Å². The molecule has 0 aliphatic heterocycles. The van der Waals surface area contributed by atoms with Gasteiger partial charge in [-0.1, -0.05) is 6.92 Å². The van der Waals surface area contributed by atoms with Crippen molar-refractivity contribution in [3.63, 3.8) is 0 Å². The maximum atomic E-state index is 5.61. The molecule has 4 nitrogen and oxygen atoms in total. The zero-order chi connectivity index (χ0) is 14.2. The SMILES string of the molecule is CCCN=C(NN)NC(C)C12CC3CC(CC(C3)C1)C2. The van der Waals surface area contributed by atoms with Gasteiger partial charge in [0, 0.05) is 12.6 Å². The Morgan fingerprint density at radius 3 is 2.20 bits per heavy atom. The highest BCUT2D eigenvalue weighted by Gasteiger charge is 2.53. The predicted molar refractivity (Wildman–Crippen MR) is 83.1 cm³/mol. The van der Waals surface area contributed by atoms with Gasteiger partial charge in [-0.3, -0.25) is 10.4 Å². The number of aliphatic imine (C=N–C) groups is 1. The number of guanidine groups is 1. The Hall–Kier alpha value is -0.770. The van der Waals surface area contributed by atoms with Crippen LogP contribution in [0.5, 0.6) is 0 Å². The van der Waals surface area contributed by atoms with Gasteiger partial charge in [-0.15, -0.1) is 0 Å². The molecule has 0 heterocycles. The molecule has 0 radical (unpaired) electrons. The van der Waals surface area contributed by atoms with E-state index in [1.54, 1.807) is 0 Å². The number of hydrazine groups is 1. The quantitative estimate of drug-likeness (QED) is 0.320. The van der Waals surface area contributed by atoms with Crippen molar-refractivity contribution in [3.8, 4) is 0 Å². The van der Waals surface area contributed by atoms with Crippen molar-refractivity contribution < 1.29 is 0 Å². The number of nitrogens with one attached hydrogen (secondary N) is 2. The standard InChI is InChI=1S/C16H30N4/c1-3-4-18-15(20-17)19-11(2)16-8-12-5-13(9-16)7-14(6-12)10-16/h11-14H,3-10,17H2,1-2H3,(H2,18,19,20). The Morgan fingerprint density at radius 1 is 1.20 bits per heavy atom. The van der Waals surface area contributed by atoms with E-state index in [1.165, 1.54) is 38.5 Å². The zero-order valence-electron chi connectivity index (χ0n) is 13.0. The predicted octanol–water partition coefficient (Wildman–Crippen LogP) is 2.41. The monoisotopic (exact) mass is 278 g/mol. The lowest BCUT2D eigenvalue weighted by Crippen LogP contribution is -2.58. The van der Waals surface area contributed by atoms with Crippen LogP contribution >= 0.6 is 0 Å². The van der Waals surface area contributed by atoms with E-state index in [2.05, 4.69) is 29.6 Å². The average Bonchev–Trinajstić information content (AvgIpc) is 2.41. The molecule has 1 atom stereocenters. The van der Waals surface area contributed by atoms with Crippen LogP contribution in [-0.2, 0) is 0 Å². The first-order valence-corrected chi connectivity index (χ1v) is 8.43. The van der Waals surface area contributed by atoms with Crippen molar-refractivity contribution in [1.82, 2.24) is 10.7 Å². The van der Waals surface area contributed by atoms with Crippen LogP contribution in [0.15, 0.2) is 4.99 Å². The lowest BCUT2D eigenvalue weighted by Gasteiger charge is -2.59. The zero-order valence-corrected chi connectivity index (χ0v) is 13.0. The summed E-state index contributed by atoms with van der Waals surface area (Å²) in [6.07, 6.45) is 9.79. The van der Waals surface area contributed by atoms with Crippen LogP contribution in [-0.4, -0.2) is 18.5 Å². The third-order valence-electron chi connectivity index (χ3n) is 5.99. The van der Waals surface area contributed by atoms with Gasteiger partial charge >= 0.3 is 0 Å². The highest BCUT2D eigenvalue weighted by molar-refractivity contribution is 5.79. The summed E-state index contributed by atoms with van der Waals surface area (Å²) in [7, 11) is 0. The molecule has 0 aromatic carbocycles. The lowest BCUT2D eigenvalue weighted by atomic mass is 9.48. The second-order valence-corrected chi connectivity index (χ2v) is 7.52. The van der Waals surface area contributed by atoms with E-state index in [-0.39, 0.29) is 0 Å². The molecule has 4 heteroatoms. The summed E-state index contributed by atoms with van der Waals surface area (Å²) in [4.78, 5) is 4.50. The Morgan fingerprint density at radius 2 is 1.75 bits per heavy atom. The Balaban J connectivity index is 1.68. The van der Waals surface area contributed by atoms with Crippen molar-refractivity contribution in [1.29, 1.82) is 0 Å². The van der Waals surface area contributed by atoms with Crippen molar-refractivity contribution in [2.75, 3.05) is 6.54 Å². The molecule has 1 unspecified atom stereocenters. The molecule has 4 aliphatic rings. The molecule has 4 aliphatic carbocycles. The highest BCUT2D eigenvalue weighted by atomic mass is 15.3. The van der Waals surface area contributed by atoms with Crippen LogP contribution in [0.2, 0.25) is 0 Å². The van der Waals surface area contributed by atoms with E-state index >= 15 is 0 Å². The molecule has 0 spiro atoms. The molecular weight excluding hydrogens is 248 g/mol. The van der Waals surface area contributed by atoms with Gasteiger partial charge in [0.05, 0.1) is 0 Å². The minimum Gasteiger partial charge on any atom is -0.352 e. The molecule has 0 saturated heterocycles. The molecule has 0 aromatic rings. The third-order valence-corrected chi connectivity index (χ3v) is 5.99. The van der Waals surface area contributed by atoms with E-state index in [4.69, 9.17) is 5.84 Å². The van der Waals surface area contributed by atoms with E-state index in [0.29, 0.717) is 11.5 Å². The summed E-state index contributed by atoms with van der Waals surface area (Å²) in [5.74, 6) is 9.36. The molecule has 4 rings (SSSR count). The van der Waals surface area contributed by atoms with Gasteiger partial charge in [0.1, 0.15) is 0 Å². The second kappa shape index (κ2) is 5.55. The highest BCUT2D eigenvalue weighted by Crippen LogP contribution is 2.61. The van der Waals surface area contributed by atoms with Crippen molar-refractivity contribution in [2.24, 2.45) is 34.0 Å². The van der Waals surface area contributed by atoms with Gasteiger partial charge in [-0.05, 0) is 75.0 Å². The third kappa shape index (κ3) is 2.54. The van der Waals surface area contributed by atoms with Gasteiger partial charge in [0.2, 0.25) is 5.96 Å². The number of hydrogen-bond donors (Lipinski definition) is 3. The Labute approximate surface area is 123 Å². The molecule has 0 amide bonds. The Kier molecular flexibility index (Phi) is 3.93. The summed E-state index contributed by atoms with van der Waals surface area (Å²) >= 11 is 0. The fourth-order valence-electron chi connectivity index (χ4n) is 5.42. The van der Waals surface area contributed by atoms with E-state index < -0.39 is 0 Å². The summed E-state index contributed by atoms with van der Waals surface area (Å²) in [5, 5.41) is 3.57. The molecule has 114 valence electrons. The summed E-state index contributed by atoms with van der Waals surface area (Å²) in [5.41, 5.74) is 3.24. The average molecular weight is 278 g/mol. The molecular formula is C16H30N4. The summed E-state index contributed by atoms with van der Waals surface area (Å²) in [6, 6.07) is 0.475. The minimum absolute atomic E-state index is 0.475. The van der Waals surface area contributed by atoms with Crippen molar-refractivity contribution in [3.05, 3.63) is 0 Å². The first-order chi connectivity index (χ1) is 9.65. The van der Waals surface area contributed by atoms with Crippen LogP contribution in [0.1, 0.15) is 58.8 Å². The molecule has 4 saturated carbocycles. The van der Waals surface area contributed by atoms with E-state index in [9.17, 15) is 0 Å². The van der Waals surface area contributed by atoms with Gasteiger partial charge in [0.15, 0.2) is 0 Å². The fourth-order valence-corrected chi connectivity index (χ4v) is 5.42. The molecule has 4 N–H and O–H groups in total. The van der Waals surface area contributed by atoms with Gasteiger partial charge in [0.25, 0.3) is 0 Å². The topological polar surface area (TPSA) is 62.4 Å². The molecule has 4 bridgehead atoms. The maximum Gasteiger partial charge on any atom is 0.205 e. The lowest BCUT2D eigenvalue weighted by molar-refractivity contribution is -0.0673. The van der Waals surface area contributed by atoms with E-state index in [1.807, 2.05) is 0 Å². The molecule has 4 fully saturated rings. The minimum atomic E-state index is 0.475. The van der Waals surface area contributed by atoms with Crippen LogP contribution in [0, 0.1) is 23.2 Å². The van der Waals surface area contributed by atoms with Crippen molar-refractivity contribution >= 4 is 5.96 Å². The van der Waals surface area contributed by atoms with Crippen molar-refractivity contribution in [2.45, 2.75) is 64.8 Å². The van der Waals surface area contributed by atoms with Gasteiger partial charge < -0.3 is 5.32 Å². The van der Waals surface area contributed by atoms with Crippen LogP contribution < -0.4 is 16.6 Å². The van der Waals surface area contributed by atoms with Gasteiger partial charge in [-0.2, -0.15) is 0 Å². The second-order valence-electron chi connectivity index (χ2n) is 7.52. The fraction of sp³-hybridized carbons (Fsp3) is 0.938. The smallest absolute Gasteiger partial charge is 0.205 e. The van der Waals surface area contributed by atoms with E-state index in [0.717, 1.165) is 36.7 Å². The number of nitrogens with two attached hydrogens (primary N) is 1. The Bertz CT molecular complexity index is 341. The number of hydrogen-bond acceptors (Lipinski definition) is 2. The summed E-state index contributed by atoms with van der Waals surface area (Å²) < 4.78 is 0. The molecule has 20 heavy (non-hydrogen) atoms. The summed E-state index contributed by atoms with van der Waals surface area (Å²) in [6.45, 7) is 5.31. The first-order valence-electron chi connectivity index (χ1n) is 8.43. The largest absolute Gasteiger partial charge is 0.352 e. The maximum absolute atomic E-state index is 5.61. The normalized spacial score (nSPS) is 40.8. The number of nitrogens with zero attached hydrogens (tertiary/aromatic N) is 1. The first kappa shape index (κ1) is 14.2. The van der Waals surface area contributed by atoms with Crippen LogP contribution in [0.25, 0.3) is 0 Å². The molecule has 0 aromatic heterocycles.